The number of hydrogen-bond acceptors (Lipinski definition) is 3. The third-order valence-corrected chi connectivity index (χ3v) is 4.09. The van der Waals surface area contributed by atoms with Crippen molar-refractivity contribution in [3.05, 3.63) is 35.6 Å². The number of nitrogens with zero attached hydrogens (tertiary/aromatic N) is 1. The van der Waals surface area contributed by atoms with Gasteiger partial charge in [-0.25, -0.2) is 14.0 Å². The van der Waals surface area contributed by atoms with E-state index in [1.807, 2.05) is 20.8 Å². The van der Waals surface area contributed by atoms with E-state index in [0.29, 0.717) is 38.9 Å². The second kappa shape index (κ2) is 8.87. The molecule has 1 saturated heterocycles. The Morgan fingerprint density at radius 3 is 2.38 bits per heavy atom. The first-order valence-electron chi connectivity index (χ1n) is 9.00. The van der Waals surface area contributed by atoms with Crippen LogP contribution in [0.5, 0.6) is 0 Å². The number of ether oxygens (including phenoxy) is 1. The molecule has 1 fully saturated rings. The number of amides is 3. The van der Waals surface area contributed by atoms with E-state index in [-0.39, 0.29) is 24.0 Å². The van der Waals surface area contributed by atoms with Gasteiger partial charge in [0, 0.05) is 25.7 Å². The number of piperidine rings is 1. The van der Waals surface area contributed by atoms with Crippen LogP contribution in [0.3, 0.4) is 0 Å². The van der Waals surface area contributed by atoms with Crippen molar-refractivity contribution in [1.29, 1.82) is 0 Å². The van der Waals surface area contributed by atoms with Gasteiger partial charge in [0.05, 0.1) is 0 Å². The highest BCUT2D eigenvalue weighted by atomic mass is 19.1. The number of carbonyl (C=O) groups excluding carboxylic acids is 2. The number of hydrogen-bond donors (Lipinski definition) is 2. The van der Waals surface area contributed by atoms with Crippen LogP contribution in [0.2, 0.25) is 0 Å². The van der Waals surface area contributed by atoms with Gasteiger partial charge in [0.25, 0.3) is 0 Å². The highest BCUT2D eigenvalue weighted by molar-refractivity contribution is 5.74. The summed E-state index contributed by atoms with van der Waals surface area (Å²) < 4.78 is 18.2. The summed E-state index contributed by atoms with van der Waals surface area (Å²) in [5.74, 6) is -0.267. The Morgan fingerprint density at radius 2 is 1.81 bits per heavy atom. The topological polar surface area (TPSA) is 70.7 Å². The Hall–Kier alpha value is -2.31. The molecular weight excluding hydrogens is 337 g/mol. The molecule has 3 amide bonds. The fraction of sp³-hybridized carbons (Fsp3) is 0.579. The van der Waals surface area contributed by atoms with Crippen LogP contribution >= 0.6 is 0 Å². The quantitative estimate of drug-likeness (QED) is 0.861. The molecule has 26 heavy (non-hydrogen) atoms. The molecule has 1 aliphatic heterocycles. The summed E-state index contributed by atoms with van der Waals surface area (Å²) in [5.41, 5.74) is 0.466. The molecule has 0 unspecified atom stereocenters. The van der Waals surface area contributed by atoms with Crippen molar-refractivity contribution < 1.29 is 18.7 Å². The van der Waals surface area contributed by atoms with Crippen LogP contribution in [0.15, 0.2) is 24.3 Å². The van der Waals surface area contributed by atoms with E-state index in [0.717, 1.165) is 5.56 Å². The minimum absolute atomic E-state index is 0.0412. The summed E-state index contributed by atoms with van der Waals surface area (Å²) in [7, 11) is 0. The molecule has 144 valence electrons. The van der Waals surface area contributed by atoms with Gasteiger partial charge in [0.15, 0.2) is 0 Å². The molecule has 0 saturated carbocycles. The predicted molar refractivity (Wildman–Crippen MR) is 97.5 cm³/mol. The first kappa shape index (κ1) is 20.0. The van der Waals surface area contributed by atoms with Gasteiger partial charge in [-0.3, -0.25) is 0 Å². The van der Waals surface area contributed by atoms with Crippen molar-refractivity contribution in [3.63, 3.8) is 0 Å². The number of halogens is 1. The second-order valence-electron chi connectivity index (χ2n) is 7.52. The molecule has 6 nitrogen and oxygen atoms in total. The zero-order valence-corrected chi connectivity index (χ0v) is 15.7. The molecule has 1 aromatic carbocycles. The smallest absolute Gasteiger partial charge is 0.410 e. The Morgan fingerprint density at radius 1 is 1.19 bits per heavy atom. The van der Waals surface area contributed by atoms with Crippen molar-refractivity contribution in [2.45, 2.75) is 51.7 Å². The lowest BCUT2D eigenvalue weighted by atomic mass is 10.1. The van der Waals surface area contributed by atoms with Crippen LogP contribution in [0, 0.1) is 5.82 Å². The van der Waals surface area contributed by atoms with Crippen molar-refractivity contribution in [3.8, 4) is 0 Å². The number of likely N-dealkylation sites (tertiary alicyclic amines) is 1. The molecule has 0 bridgehead atoms. The van der Waals surface area contributed by atoms with E-state index in [4.69, 9.17) is 4.74 Å². The molecular formula is C19H28FN3O3. The average Bonchev–Trinajstić information content (AvgIpc) is 2.56. The number of carbonyl (C=O) groups is 2. The van der Waals surface area contributed by atoms with Gasteiger partial charge in [-0.05, 0) is 57.7 Å². The van der Waals surface area contributed by atoms with Crippen molar-refractivity contribution in [2.24, 2.45) is 0 Å². The van der Waals surface area contributed by atoms with Gasteiger partial charge in [-0.2, -0.15) is 0 Å². The van der Waals surface area contributed by atoms with Crippen LogP contribution in [0.1, 0.15) is 39.2 Å². The van der Waals surface area contributed by atoms with Crippen molar-refractivity contribution in [1.82, 2.24) is 15.5 Å². The SMILES string of the molecule is CC(C)(C)OC(=O)N1CCC(NC(=O)NCCc2ccc(F)cc2)CC1. The zero-order chi connectivity index (χ0) is 19.2. The number of nitrogens with one attached hydrogen (secondary N) is 2. The highest BCUT2D eigenvalue weighted by Gasteiger charge is 2.27. The Labute approximate surface area is 154 Å². The standard InChI is InChI=1S/C19H28FN3O3/c1-19(2,3)26-18(25)23-12-9-16(10-13-23)22-17(24)21-11-8-14-4-6-15(20)7-5-14/h4-7,16H,8-13H2,1-3H3,(H2,21,22,24). The summed E-state index contributed by atoms with van der Waals surface area (Å²) in [5, 5.41) is 5.74. The normalized spacial score (nSPS) is 15.5. The molecule has 0 atom stereocenters. The molecule has 2 rings (SSSR count). The summed E-state index contributed by atoms with van der Waals surface area (Å²) in [6, 6.07) is 6.06. The van der Waals surface area contributed by atoms with Crippen molar-refractivity contribution >= 4 is 12.1 Å². The van der Waals surface area contributed by atoms with E-state index in [1.165, 1.54) is 12.1 Å². The van der Waals surface area contributed by atoms with Crippen LogP contribution in [0.4, 0.5) is 14.0 Å². The number of benzene rings is 1. The number of urea groups is 1. The van der Waals surface area contributed by atoms with Gasteiger partial charge in [0.1, 0.15) is 11.4 Å². The van der Waals surface area contributed by atoms with Gasteiger partial charge < -0.3 is 20.3 Å². The van der Waals surface area contributed by atoms with E-state index < -0.39 is 5.60 Å². The first-order valence-corrected chi connectivity index (χ1v) is 9.00. The summed E-state index contributed by atoms with van der Waals surface area (Å²) in [6.45, 7) is 7.14. The Kier molecular flexibility index (Phi) is 6.83. The van der Waals surface area contributed by atoms with Crippen LogP contribution in [-0.4, -0.2) is 48.3 Å². The molecule has 0 radical (unpaired) electrons. The molecule has 0 aliphatic carbocycles. The van der Waals surface area contributed by atoms with E-state index >= 15 is 0 Å². The zero-order valence-electron chi connectivity index (χ0n) is 15.7. The lowest BCUT2D eigenvalue weighted by Crippen LogP contribution is -2.50. The van der Waals surface area contributed by atoms with E-state index in [9.17, 15) is 14.0 Å². The molecule has 7 heteroatoms. The largest absolute Gasteiger partial charge is 0.444 e. The number of rotatable bonds is 4. The van der Waals surface area contributed by atoms with Gasteiger partial charge in [-0.1, -0.05) is 12.1 Å². The molecule has 1 aliphatic rings. The first-order chi connectivity index (χ1) is 12.2. The maximum Gasteiger partial charge on any atom is 0.410 e. The maximum atomic E-state index is 12.8. The predicted octanol–water partition coefficient (Wildman–Crippen LogP) is 3.07. The van der Waals surface area contributed by atoms with E-state index in [1.54, 1.807) is 17.0 Å². The third kappa shape index (κ3) is 6.90. The minimum atomic E-state index is -0.503. The fourth-order valence-corrected chi connectivity index (χ4v) is 2.74. The Bertz CT molecular complexity index is 605. The molecule has 0 spiro atoms. The van der Waals surface area contributed by atoms with E-state index in [2.05, 4.69) is 10.6 Å². The second-order valence-corrected chi connectivity index (χ2v) is 7.52. The molecule has 0 aromatic heterocycles. The maximum absolute atomic E-state index is 12.8. The monoisotopic (exact) mass is 365 g/mol. The Balaban J connectivity index is 1.64. The van der Waals surface area contributed by atoms with Crippen LogP contribution in [0.25, 0.3) is 0 Å². The lowest BCUT2D eigenvalue weighted by Gasteiger charge is -2.33. The molecule has 2 N–H and O–H groups in total. The average molecular weight is 365 g/mol. The summed E-state index contributed by atoms with van der Waals surface area (Å²) in [4.78, 5) is 25.7. The van der Waals surface area contributed by atoms with Crippen molar-refractivity contribution in [2.75, 3.05) is 19.6 Å². The lowest BCUT2D eigenvalue weighted by molar-refractivity contribution is 0.0201. The van der Waals surface area contributed by atoms with Crippen LogP contribution in [-0.2, 0) is 11.2 Å². The van der Waals surface area contributed by atoms with Gasteiger partial charge >= 0.3 is 12.1 Å². The summed E-state index contributed by atoms with van der Waals surface area (Å²) in [6.07, 6.45) is 1.74. The fourth-order valence-electron chi connectivity index (χ4n) is 2.74. The van der Waals surface area contributed by atoms with Gasteiger partial charge in [0.2, 0.25) is 0 Å². The summed E-state index contributed by atoms with van der Waals surface area (Å²) >= 11 is 0. The minimum Gasteiger partial charge on any atom is -0.444 e. The van der Waals surface area contributed by atoms with Crippen LogP contribution < -0.4 is 10.6 Å². The van der Waals surface area contributed by atoms with Gasteiger partial charge in [-0.15, -0.1) is 0 Å². The molecule has 1 aromatic rings. The highest BCUT2D eigenvalue weighted by Crippen LogP contribution is 2.15. The molecule has 1 heterocycles. The third-order valence-electron chi connectivity index (χ3n) is 4.09.